The third-order valence-electron chi connectivity index (χ3n) is 4.15. The van der Waals surface area contributed by atoms with E-state index in [1.54, 1.807) is 0 Å². The van der Waals surface area contributed by atoms with Gasteiger partial charge in [0.05, 0.1) is 12.1 Å². The molecule has 25 heavy (non-hydrogen) atoms. The van der Waals surface area contributed by atoms with Gasteiger partial charge in [-0.15, -0.1) is 0 Å². The van der Waals surface area contributed by atoms with Crippen LogP contribution < -0.4 is 5.43 Å². The van der Waals surface area contributed by atoms with Crippen LogP contribution >= 0.6 is 0 Å². The van der Waals surface area contributed by atoms with Crippen molar-refractivity contribution in [3.8, 4) is 11.1 Å². The number of benzene rings is 2. The third kappa shape index (κ3) is 4.23. The van der Waals surface area contributed by atoms with Gasteiger partial charge in [-0.3, -0.25) is 4.79 Å². The maximum atomic E-state index is 12.0. The first-order chi connectivity index (χ1) is 12.1. The molecular weight excluding hydrogens is 310 g/mol. The van der Waals surface area contributed by atoms with Crippen LogP contribution in [0.25, 0.3) is 11.1 Å². The zero-order valence-corrected chi connectivity index (χ0v) is 14.4. The lowest BCUT2D eigenvalue weighted by atomic mass is 10.0. The molecular formula is C21H21N3O. The number of aromatic nitrogens is 1. The molecule has 3 aromatic rings. The fourth-order valence-electron chi connectivity index (χ4n) is 2.63. The topological polar surface area (TPSA) is 46.4 Å². The van der Waals surface area contributed by atoms with Crippen molar-refractivity contribution < 1.29 is 4.79 Å². The summed E-state index contributed by atoms with van der Waals surface area (Å²) in [6, 6.07) is 22.2. The molecule has 4 nitrogen and oxygen atoms in total. The van der Waals surface area contributed by atoms with E-state index < -0.39 is 0 Å². The second kappa shape index (κ2) is 7.62. The second-order valence-electron chi connectivity index (χ2n) is 5.96. The minimum absolute atomic E-state index is 0.123. The highest BCUT2D eigenvalue weighted by Crippen LogP contribution is 2.19. The molecule has 0 saturated carbocycles. The summed E-state index contributed by atoms with van der Waals surface area (Å²) in [4.78, 5) is 12.0. The lowest BCUT2D eigenvalue weighted by Gasteiger charge is -2.06. The van der Waals surface area contributed by atoms with Gasteiger partial charge in [-0.1, -0.05) is 54.6 Å². The van der Waals surface area contributed by atoms with Gasteiger partial charge in [0, 0.05) is 18.9 Å². The molecule has 1 heterocycles. The van der Waals surface area contributed by atoms with Gasteiger partial charge in [0.2, 0.25) is 5.91 Å². The monoisotopic (exact) mass is 331 g/mol. The van der Waals surface area contributed by atoms with Crippen LogP contribution in [0.5, 0.6) is 0 Å². The molecule has 0 aliphatic heterocycles. The lowest BCUT2D eigenvalue weighted by molar-refractivity contribution is -0.120. The summed E-state index contributed by atoms with van der Waals surface area (Å²) in [5.74, 6) is -0.123. The number of rotatable bonds is 5. The van der Waals surface area contributed by atoms with E-state index in [4.69, 9.17) is 0 Å². The van der Waals surface area contributed by atoms with Crippen molar-refractivity contribution in [3.63, 3.8) is 0 Å². The molecule has 3 rings (SSSR count). The molecule has 0 fully saturated rings. The Hall–Kier alpha value is -3.14. The standard InChI is InChI=1S/C21H21N3O/c1-16(22-23-21(25)15-20-9-6-14-24(20)2)17-10-12-19(13-11-17)18-7-4-3-5-8-18/h3-14H,15H2,1-2H3,(H,23,25)/b22-16-. The number of aryl methyl sites for hydroxylation is 1. The largest absolute Gasteiger partial charge is 0.354 e. The molecule has 0 bridgehead atoms. The Labute approximate surface area is 147 Å². The van der Waals surface area contributed by atoms with Gasteiger partial charge < -0.3 is 4.57 Å². The Morgan fingerprint density at radius 1 is 0.960 bits per heavy atom. The predicted octanol–water partition coefficient (Wildman–Crippen LogP) is 3.78. The molecule has 2 aromatic carbocycles. The van der Waals surface area contributed by atoms with Crippen LogP contribution in [-0.4, -0.2) is 16.2 Å². The van der Waals surface area contributed by atoms with Crippen LogP contribution in [0.2, 0.25) is 0 Å². The molecule has 0 atom stereocenters. The van der Waals surface area contributed by atoms with Gasteiger partial charge in [-0.05, 0) is 35.7 Å². The van der Waals surface area contributed by atoms with Crippen molar-refractivity contribution in [3.05, 3.63) is 84.2 Å². The number of hydrazone groups is 1. The van der Waals surface area contributed by atoms with Crippen LogP contribution in [0.4, 0.5) is 0 Å². The second-order valence-corrected chi connectivity index (χ2v) is 5.96. The summed E-state index contributed by atoms with van der Waals surface area (Å²) in [5.41, 5.74) is 7.68. The predicted molar refractivity (Wildman–Crippen MR) is 101 cm³/mol. The lowest BCUT2D eigenvalue weighted by Crippen LogP contribution is -2.22. The minimum atomic E-state index is -0.123. The van der Waals surface area contributed by atoms with E-state index in [0.29, 0.717) is 6.42 Å². The van der Waals surface area contributed by atoms with Crippen LogP contribution in [-0.2, 0) is 18.3 Å². The number of carbonyl (C=O) groups is 1. The molecule has 0 spiro atoms. The summed E-state index contributed by atoms with van der Waals surface area (Å²) >= 11 is 0. The van der Waals surface area contributed by atoms with Crippen molar-refractivity contribution in [1.29, 1.82) is 0 Å². The molecule has 0 aliphatic rings. The maximum Gasteiger partial charge on any atom is 0.246 e. The van der Waals surface area contributed by atoms with E-state index in [0.717, 1.165) is 22.5 Å². The van der Waals surface area contributed by atoms with Gasteiger partial charge in [-0.2, -0.15) is 5.10 Å². The highest BCUT2D eigenvalue weighted by atomic mass is 16.2. The van der Waals surface area contributed by atoms with Crippen molar-refractivity contribution in [2.75, 3.05) is 0 Å². The zero-order valence-electron chi connectivity index (χ0n) is 14.4. The van der Waals surface area contributed by atoms with Gasteiger partial charge in [0.25, 0.3) is 0 Å². The highest BCUT2D eigenvalue weighted by Gasteiger charge is 2.06. The first kappa shape index (κ1) is 16.7. The number of hydrogen-bond acceptors (Lipinski definition) is 2. The van der Waals surface area contributed by atoms with Crippen molar-refractivity contribution >= 4 is 11.6 Å². The highest BCUT2D eigenvalue weighted by molar-refractivity contribution is 5.99. The summed E-state index contributed by atoms with van der Waals surface area (Å²) < 4.78 is 1.93. The summed E-state index contributed by atoms with van der Waals surface area (Å²) in [5, 5.41) is 4.21. The fourth-order valence-corrected chi connectivity index (χ4v) is 2.63. The van der Waals surface area contributed by atoms with E-state index in [-0.39, 0.29) is 5.91 Å². The Kier molecular flexibility index (Phi) is 5.09. The fraction of sp³-hybridized carbons (Fsp3) is 0.143. The number of nitrogens with zero attached hydrogens (tertiary/aromatic N) is 2. The van der Waals surface area contributed by atoms with Crippen LogP contribution in [0, 0.1) is 0 Å². The Morgan fingerprint density at radius 3 is 2.28 bits per heavy atom. The zero-order chi connectivity index (χ0) is 17.6. The Bertz CT molecular complexity index is 877. The van der Waals surface area contributed by atoms with E-state index in [1.807, 2.05) is 67.2 Å². The number of nitrogens with one attached hydrogen (secondary N) is 1. The van der Waals surface area contributed by atoms with Gasteiger partial charge >= 0.3 is 0 Å². The maximum absolute atomic E-state index is 12.0. The molecule has 0 saturated heterocycles. The molecule has 4 heteroatoms. The average molecular weight is 331 g/mol. The molecule has 0 unspecified atom stereocenters. The molecule has 1 N–H and O–H groups in total. The summed E-state index contributed by atoms with van der Waals surface area (Å²) in [6.07, 6.45) is 2.23. The number of hydrogen-bond donors (Lipinski definition) is 1. The number of carbonyl (C=O) groups excluding carboxylic acids is 1. The molecule has 0 aliphatic carbocycles. The molecule has 0 radical (unpaired) electrons. The van der Waals surface area contributed by atoms with E-state index >= 15 is 0 Å². The SMILES string of the molecule is C/C(=N/NC(=O)Cc1cccn1C)c1ccc(-c2ccccc2)cc1. The van der Waals surface area contributed by atoms with E-state index in [9.17, 15) is 4.79 Å². The van der Waals surface area contributed by atoms with Crippen molar-refractivity contribution in [2.45, 2.75) is 13.3 Å². The normalized spacial score (nSPS) is 11.4. The van der Waals surface area contributed by atoms with E-state index in [2.05, 4.69) is 34.8 Å². The summed E-state index contributed by atoms with van der Waals surface area (Å²) in [7, 11) is 1.92. The smallest absolute Gasteiger partial charge is 0.246 e. The van der Waals surface area contributed by atoms with Gasteiger partial charge in [0.1, 0.15) is 0 Å². The average Bonchev–Trinajstić information content (AvgIpc) is 3.05. The van der Waals surface area contributed by atoms with Gasteiger partial charge in [0.15, 0.2) is 0 Å². The Morgan fingerprint density at radius 2 is 1.64 bits per heavy atom. The van der Waals surface area contributed by atoms with Crippen LogP contribution in [0.1, 0.15) is 18.2 Å². The minimum Gasteiger partial charge on any atom is -0.354 e. The molecule has 126 valence electrons. The molecule has 1 aromatic heterocycles. The Balaban J connectivity index is 1.64. The third-order valence-corrected chi connectivity index (χ3v) is 4.15. The van der Waals surface area contributed by atoms with Crippen molar-refractivity contribution in [2.24, 2.45) is 12.1 Å². The number of amides is 1. The molecule has 1 amide bonds. The quantitative estimate of drug-likeness (QED) is 0.561. The van der Waals surface area contributed by atoms with Gasteiger partial charge in [-0.25, -0.2) is 5.43 Å². The van der Waals surface area contributed by atoms with Crippen LogP contribution in [0.3, 0.4) is 0 Å². The van der Waals surface area contributed by atoms with Crippen LogP contribution in [0.15, 0.2) is 78.0 Å². The van der Waals surface area contributed by atoms with E-state index in [1.165, 1.54) is 5.56 Å². The first-order valence-corrected chi connectivity index (χ1v) is 8.22. The summed E-state index contributed by atoms with van der Waals surface area (Å²) in [6.45, 7) is 1.89. The van der Waals surface area contributed by atoms with Crippen molar-refractivity contribution in [1.82, 2.24) is 9.99 Å². The first-order valence-electron chi connectivity index (χ1n) is 8.22.